The summed E-state index contributed by atoms with van der Waals surface area (Å²) < 4.78 is 44.6. The van der Waals surface area contributed by atoms with Crippen LogP contribution in [0.4, 0.5) is 4.39 Å². The van der Waals surface area contributed by atoms with Crippen molar-refractivity contribution in [1.29, 1.82) is 5.26 Å². The molecule has 1 N–H and O–H groups in total. The van der Waals surface area contributed by atoms with Crippen molar-refractivity contribution in [3.63, 3.8) is 0 Å². The lowest BCUT2D eigenvalue weighted by atomic mass is 10.0. The Morgan fingerprint density at radius 1 is 1.07 bits per heavy atom. The summed E-state index contributed by atoms with van der Waals surface area (Å²) in [5, 5.41) is 19.9. The third kappa shape index (κ3) is 5.56. The highest BCUT2D eigenvalue weighted by Crippen LogP contribution is 2.30. The Labute approximate surface area is 236 Å². The Balaban J connectivity index is 1.88. The highest BCUT2D eigenvalue weighted by molar-refractivity contribution is 7.91. The second kappa shape index (κ2) is 11.9. The van der Waals surface area contributed by atoms with Gasteiger partial charge in [0, 0.05) is 25.2 Å². The molecule has 4 rings (SSSR count). The number of aromatic nitrogens is 3. The number of hydrogen-bond acceptors (Lipinski definition) is 7. The fraction of sp³-hybridized carbons (Fsp3) is 0.267. The molecule has 1 atom stereocenters. The lowest BCUT2D eigenvalue weighted by molar-refractivity contribution is 0.406. The van der Waals surface area contributed by atoms with E-state index in [1.807, 2.05) is 6.92 Å². The van der Waals surface area contributed by atoms with Gasteiger partial charge in [-0.15, -0.1) is 0 Å². The average molecular weight is 577 g/mol. The number of nitrogens with zero attached hydrogens (tertiary/aromatic N) is 4. The molecule has 0 spiro atoms. The number of sulfone groups is 1. The maximum atomic E-state index is 14.5. The SMILES string of the molecule is CCCCc1nc(O)c(S(=O)(=O)c2ccc(-c3cccn(C)c3=O)cc2)c(=O)n1C(CC)c1ccc(C#N)c(F)c1. The van der Waals surface area contributed by atoms with E-state index in [0.29, 0.717) is 23.1 Å². The molecular weight excluding hydrogens is 547 g/mol. The fourth-order valence-corrected chi connectivity index (χ4v) is 6.11. The van der Waals surface area contributed by atoms with Crippen LogP contribution in [0.1, 0.15) is 56.1 Å². The van der Waals surface area contributed by atoms with Gasteiger partial charge < -0.3 is 9.67 Å². The number of nitriles is 1. The zero-order valence-corrected chi connectivity index (χ0v) is 23.7. The van der Waals surface area contributed by atoms with Crippen LogP contribution in [0.2, 0.25) is 0 Å². The molecule has 0 aliphatic carbocycles. The summed E-state index contributed by atoms with van der Waals surface area (Å²) in [5.41, 5.74) is -0.207. The third-order valence-electron chi connectivity index (χ3n) is 6.95. The fourth-order valence-electron chi connectivity index (χ4n) is 4.76. The van der Waals surface area contributed by atoms with Crippen LogP contribution in [0.15, 0.2) is 80.2 Å². The second-order valence-corrected chi connectivity index (χ2v) is 11.5. The van der Waals surface area contributed by atoms with Gasteiger partial charge in [-0.05, 0) is 60.4 Å². The minimum Gasteiger partial charge on any atom is -0.492 e. The smallest absolute Gasteiger partial charge is 0.277 e. The van der Waals surface area contributed by atoms with Crippen molar-refractivity contribution in [3.8, 4) is 23.1 Å². The Morgan fingerprint density at radius 3 is 2.39 bits per heavy atom. The molecule has 2 aromatic carbocycles. The number of unbranched alkanes of at least 4 members (excludes halogenated alkanes) is 1. The van der Waals surface area contributed by atoms with Crippen molar-refractivity contribution in [2.24, 2.45) is 7.05 Å². The number of aryl methyl sites for hydroxylation is 2. The molecule has 0 amide bonds. The summed E-state index contributed by atoms with van der Waals surface area (Å²) in [6, 6.07) is 13.7. The molecule has 0 bridgehead atoms. The number of aromatic hydroxyl groups is 1. The van der Waals surface area contributed by atoms with Crippen molar-refractivity contribution < 1.29 is 17.9 Å². The van der Waals surface area contributed by atoms with Crippen LogP contribution in [0.5, 0.6) is 5.88 Å². The first-order chi connectivity index (χ1) is 19.5. The van der Waals surface area contributed by atoms with Crippen LogP contribution in [0.25, 0.3) is 11.1 Å². The summed E-state index contributed by atoms with van der Waals surface area (Å²) in [5.74, 6) is -1.51. The lowest BCUT2D eigenvalue weighted by Crippen LogP contribution is -2.33. The van der Waals surface area contributed by atoms with Crippen LogP contribution in [0, 0.1) is 17.1 Å². The van der Waals surface area contributed by atoms with E-state index in [0.717, 1.165) is 12.5 Å². The predicted octanol–water partition coefficient (Wildman–Crippen LogP) is 4.50. The number of rotatable bonds is 9. The molecule has 0 aliphatic heterocycles. The molecule has 2 heterocycles. The Bertz CT molecular complexity index is 1870. The highest BCUT2D eigenvalue weighted by atomic mass is 32.2. The first-order valence-electron chi connectivity index (χ1n) is 13.1. The predicted molar refractivity (Wildman–Crippen MR) is 151 cm³/mol. The van der Waals surface area contributed by atoms with E-state index < -0.39 is 38.0 Å². The molecule has 4 aromatic rings. The number of halogens is 1. The van der Waals surface area contributed by atoms with Gasteiger partial charge in [-0.25, -0.2) is 12.8 Å². The summed E-state index contributed by atoms with van der Waals surface area (Å²) in [7, 11) is -2.96. The van der Waals surface area contributed by atoms with E-state index in [1.54, 1.807) is 38.4 Å². The van der Waals surface area contributed by atoms with Crippen LogP contribution < -0.4 is 11.1 Å². The first kappa shape index (κ1) is 29.4. The monoisotopic (exact) mass is 576 g/mol. The number of benzene rings is 2. The van der Waals surface area contributed by atoms with Crippen LogP contribution >= 0.6 is 0 Å². The standard InChI is InChI=1S/C30H29FN4O5S/c1-4-6-9-26-33-28(36)27(30(38)35(26)25(5-2)20-10-11-21(18-32)24(31)17-20)41(39,40)22-14-12-19(13-15-22)23-8-7-16-34(3)29(23)37/h7-8,10-17,25,36H,4-6,9H2,1-3H3. The maximum Gasteiger partial charge on any atom is 0.277 e. The molecule has 1 unspecified atom stereocenters. The van der Waals surface area contributed by atoms with Crippen molar-refractivity contribution in [3.05, 3.63) is 104 Å². The normalized spacial score (nSPS) is 12.2. The van der Waals surface area contributed by atoms with Crippen LogP contribution in [-0.2, 0) is 23.3 Å². The van der Waals surface area contributed by atoms with Gasteiger partial charge in [0.25, 0.3) is 11.1 Å². The van der Waals surface area contributed by atoms with E-state index in [2.05, 4.69) is 4.98 Å². The summed E-state index contributed by atoms with van der Waals surface area (Å²) >= 11 is 0. The molecule has 9 nitrogen and oxygen atoms in total. The topological polar surface area (TPSA) is 135 Å². The quantitative estimate of drug-likeness (QED) is 0.310. The van der Waals surface area contributed by atoms with E-state index in [-0.39, 0.29) is 34.7 Å². The molecule has 212 valence electrons. The van der Waals surface area contributed by atoms with E-state index in [1.165, 1.54) is 45.5 Å². The second-order valence-electron chi connectivity index (χ2n) is 9.60. The van der Waals surface area contributed by atoms with E-state index in [4.69, 9.17) is 5.26 Å². The van der Waals surface area contributed by atoms with Gasteiger partial charge in [-0.3, -0.25) is 14.2 Å². The van der Waals surface area contributed by atoms with Gasteiger partial charge in [0.2, 0.25) is 15.7 Å². The lowest BCUT2D eigenvalue weighted by Gasteiger charge is -2.23. The molecule has 0 saturated heterocycles. The minimum absolute atomic E-state index is 0.161. The first-order valence-corrected chi connectivity index (χ1v) is 14.6. The molecule has 0 aliphatic rings. The van der Waals surface area contributed by atoms with Crippen molar-refractivity contribution >= 4 is 9.84 Å². The van der Waals surface area contributed by atoms with E-state index in [9.17, 15) is 27.5 Å². The minimum atomic E-state index is -4.57. The summed E-state index contributed by atoms with van der Waals surface area (Å²) in [6.45, 7) is 3.69. The number of pyridine rings is 1. The van der Waals surface area contributed by atoms with Crippen molar-refractivity contribution in [1.82, 2.24) is 14.1 Å². The zero-order valence-electron chi connectivity index (χ0n) is 22.8. The molecule has 2 aromatic heterocycles. The summed E-state index contributed by atoms with van der Waals surface area (Å²) in [4.78, 5) is 29.4. The van der Waals surface area contributed by atoms with Crippen molar-refractivity contribution in [2.75, 3.05) is 0 Å². The maximum absolute atomic E-state index is 14.5. The zero-order chi connectivity index (χ0) is 29.9. The van der Waals surface area contributed by atoms with Gasteiger partial charge in [0.1, 0.15) is 17.7 Å². The molecule has 0 saturated carbocycles. The van der Waals surface area contributed by atoms with Gasteiger partial charge >= 0.3 is 0 Å². The average Bonchev–Trinajstić information content (AvgIpc) is 2.95. The molecule has 0 fully saturated rings. The molecular formula is C30H29FN4O5S. The number of hydrogen-bond donors (Lipinski definition) is 1. The Morgan fingerprint density at radius 2 is 1.78 bits per heavy atom. The largest absolute Gasteiger partial charge is 0.492 e. The Hall–Kier alpha value is -4.56. The highest BCUT2D eigenvalue weighted by Gasteiger charge is 2.31. The van der Waals surface area contributed by atoms with Crippen LogP contribution in [0.3, 0.4) is 0 Å². The summed E-state index contributed by atoms with van der Waals surface area (Å²) in [6.07, 6.45) is 3.50. The van der Waals surface area contributed by atoms with Gasteiger partial charge in [-0.2, -0.15) is 10.2 Å². The Kier molecular flexibility index (Phi) is 8.54. The van der Waals surface area contributed by atoms with Crippen LogP contribution in [-0.4, -0.2) is 27.6 Å². The molecule has 11 heteroatoms. The van der Waals surface area contributed by atoms with E-state index >= 15 is 0 Å². The van der Waals surface area contributed by atoms with Crippen molar-refractivity contribution in [2.45, 2.75) is 55.4 Å². The van der Waals surface area contributed by atoms with Gasteiger partial charge in [0.05, 0.1) is 16.5 Å². The van der Waals surface area contributed by atoms with Gasteiger partial charge in [0.15, 0.2) is 4.90 Å². The molecule has 0 radical (unpaired) electrons. The van der Waals surface area contributed by atoms with Gasteiger partial charge in [-0.1, -0.05) is 38.5 Å². The molecule has 41 heavy (non-hydrogen) atoms. The third-order valence-corrected chi connectivity index (χ3v) is 8.73.